The smallest absolute Gasteiger partial charge is 0.124 e. The van der Waals surface area contributed by atoms with Crippen molar-refractivity contribution in [2.24, 2.45) is 0 Å². The number of phenols is 1. The van der Waals surface area contributed by atoms with E-state index >= 15 is 0 Å². The van der Waals surface area contributed by atoms with E-state index < -0.39 is 0 Å². The van der Waals surface area contributed by atoms with Crippen LogP contribution in [0.5, 0.6) is 5.75 Å². The minimum atomic E-state index is 0.113. The van der Waals surface area contributed by atoms with Crippen LogP contribution in [0.15, 0.2) is 0 Å². The molecule has 0 bridgehead atoms. The van der Waals surface area contributed by atoms with Crippen molar-refractivity contribution in [3.63, 3.8) is 0 Å². The van der Waals surface area contributed by atoms with Gasteiger partial charge < -0.3 is 5.11 Å². The van der Waals surface area contributed by atoms with Gasteiger partial charge in [0, 0.05) is 17.0 Å². The van der Waals surface area contributed by atoms with Gasteiger partial charge in [0.25, 0.3) is 0 Å². The van der Waals surface area contributed by atoms with E-state index in [9.17, 15) is 5.11 Å². The third-order valence-electron chi connectivity index (χ3n) is 2.82. The first-order chi connectivity index (χ1) is 7.82. The molecule has 0 radical (unpaired) electrons. The summed E-state index contributed by atoms with van der Waals surface area (Å²) in [6.45, 7) is 7.95. The molecule has 96 valence electrons. The van der Waals surface area contributed by atoms with Crippen molar-refractivity contribution < 1.29 is 5.11 Å². The lowest BCUT2D eigenvalue weighted by molar-refractivity contribution is 0.453. The molecule has 1 rings (SSSR count). The van der Waals surface area contributed by atoms with Crippen molar-refractivity contribution >= 4 is 34.8 Å². The Morgan fingerprint density at radius 2 is 1.41 bits per heavy atom. The molecule has 1 aromatic carbocycles. The Morgan fingerprint density at radius 1 is 0.941 bits per heavy atom. The van der Waals surface area contributed by atoms with Gasteiger partial charge in [-0.3, -0.25) is 0 Å². The lowest BCUT2D eigenvalue weighted by Gasteiger charge is -2.21. The Morgan fingerprint density at radius 3 is 1.76 bits per heavy atom. The SMILES string of the molecule is CC(C)c1c(O)c(C(C)C)c(CCl)c(Cl)c1Cl. The molecule has 17 heavy (non-hydrogen) atoms. The molecule has 0 aliphatic carbocycles. The van der Waals surface area contributed by atoms with Crippen molar-refractivity contribution in [3.8, 4) is 5.75 Å². The summed E-state index contributed by atoms with van der Waals surface area (Å²) in [6, 6.07) is 0. The van der Waals surface area contributed by atoms with Crippen LogP contribution >= 0.6 is 34.8 Å². The van der Waals surface area contributed by atoms with E-state index in [-0.39, 0.29) is 23.5 Å². The maximum absolute atomic E-state index is 10.3. The number of rotatable bonds is 3. The topological polar surface area (TPSA) is 20.2 Å². The third-order valence-corrected chi connectivity index (χ3v) is 3.99. The highest BCUT2D eigenvalue weighted by atomic mass is 35.5. The van der Waals surface area contributed by atoms with Gasteiger partial charge in [-0.05, 0) is 17.4 Å². The molecule has 0 unspecified atom stereocenters. The monoisotopic (exact) mass is 294 g/mol. The lowest BCUT2D eigenvalue weighted by atomic mass is 9.90. The Kier molecular flexibility index (Phi) is 5.00. The average Bonchev–Trinajstić information content (AvgIpc) is 2.21. The zero-order valence-electron chi connectivity index (χ0n) is 10.4. The zero-order valence-corrected chi connectivity index (χ0v) is 12.7. The van der Waals surface area contributed by atoms with Gasteiger partial charge in [-0.25, -0.2) is 0 Å². The van der Waals surface area contributed by atoms with Gasteiger partial charge in [-0.1, -0.05) is 50.9 Å². The van der Waals surface area contributed by atoms with Crippen molar-refractivity contribution in [2.75, 3.05) is 0 Å². The van der Waals surface area contributed by atoms with E-state index in [2.05, 4.69) is 0 Å². The molecule has 0 aromatic heterocycles. The summed E-state index contributed by atoms with van der Waals surface area (Å²) in [5.74, 6) is 0.746. The highest BCUT2D eigenvalue weighted by Crippen LogP contribution is 2.45. The molecule has 0 amide bonds. The Bertz CT molecular complexity index is 425. The van der Waals surface area contributed by atoms with Gasteiger partial charge in [0.1, 0.15) is 5.75 Å². The van der Waals surface area contributed by atoms with Crippen molar-refractivity contribution in [3.05, 3.63) is 26.7 Å². The summed E-state index contributed by atoms with van der Waals surface area (Å²) in [5, 5.41) is 11.2. The van der Waals surface area contributed by atoms with Gasteiger partial charge in [-0.15, -0.1) is 11.6 Å². The van der Waals surface area contributed by atoms with Crippen LogP contribution in [0.25, 0.3) is 0 Å². The summed E-state index contributed by atoms with van der Waals surface area (Å²) >= 11 is 18.3. The summed E-state index contributed by atoms with van der Waals surface area (Å²) in [4.78, 5) is 0. The van der Waals surface area contributed by atoms with E-state index in [1.807, 2.05) is 27.7 Å². The maximum Gasteiger partial charge on any atom is 0.124 e. The van der Waals surface area contributed by atoms with Crippen molar-refractivity contribution in [1.29, 1.82) is 0 Å². The van der Waals surface area contributed by atoms with Gasteiger partial charge >= 0.3 is 0 Å². The summed E-state index contributed by atoms with van der Waals surface area (Å²) in [6.07, 6.45) is 0. The van der Waals surface area contributed by atoms with Crippen LogP contribution in [-0.4, -0.2) is 5.11 Å². The zero-order chi connectivity index (χ0) is 13.3. The fourth-order valence-electron chi connectivity index (χ4n) is 2.04. The maximum atomic E-state index is 10.3. The van der Waals surface area contributed by atoms with Crippen molar-refractivity contribution in [1.82, 2.24) is 0 Å². The number of benzene rings is 1. The first-order valence-electron chi connectivity index (χ1n) is 5.61. The average molecular weight is 296 g/mol. The number of phenolic OH excluding ortho intramolecular Hbond substituents is 1. The van der Waals surface area contributed by atoms with Crippen LogP contribution in [0.3, 0.4) is 0 Å². The van der Waals surface area contributed by atoms with E-state index in [4.69, 9.17) is 34.8 Å². The molecule has 0 heterocycles. The van der Waals surface area contributed by atoms with E-state index in [0.717, 1.165) is 11.1 Å². The summed E-state index contributed by atoms with van der Waals surface area (Å²) in [5.41, 5.74) is 2.24. The van der Waals surface area contributed by atoms with Crippen LogP contribution in [0.4, 0.5) is 0 Å². The Balaban J connectivity index is 3.69. The fourth-order valence-corrected chi connectivity index (χ4v) is 3.08. The number of hydrogen-bond donors (Lipinski definition) is 1. The molecular formula is C13H17Cl3O. The second-order valence-corrected chi connectivity index (χ2v) is 5.75. The molecule has 0 saturated carbocycles. The standard InChI is InChI=1S/C13H17Cl3O/c1-6(2)9-8(5-14)11(15)12(16)10(7(3)4)13(9)17/h6-7,17H,5H2,1-4H3. The molecule has 1 aromatic rings. The van der Waals surface area contributed by atoms with Crippen molar-refractivity contribution in [2.45, 2.75) is 45.4 Å². The van der Waals surface area contributed by atoms with Crippen LogP contribution in [-0.2, 0) is 5.88 Å². The summed E-state index contributed by atoms with van der Waals surface area (Å²) < 4.78 is 0. The quantitative estimate of drug-likeness (QED) is 0.711. The largest absolute Gasteiger partial charge is 0.507 e. The van der Waals surface area contributed by atoms with Crippen LogP contribution in [0, 0.1) is 0 Å². The summed E-state index contributed by atoms with van der Waals surface area (Å²) in [7, 11) is 0. The second kappa shape index (κ2) is 5.69. The van der Waals surface area contributed by atoms with E-state index in [1.54, 1.807) is 0 Å². The molecule has 1 N–H and O–H groups in total. The first-order valence-corrected chi connectivity index (χ1v) is 6.90. The number of aromatic hydroxyl groups is 1. The van der Waals surface area contributed by atoms with Crippen LogP contribution in [0.2, 0.25) is 10.0 Å². The first kappa shape index (κ1) is 14.9. The molecule has 0 fully saturated rings. The van der Waals surface area contributed by atoms with Gasteiger partial charge in [0.15, 0.2) is 0 Å². The normalized spacial score (nSPS) is 11.6. The van der Waals surface area contributed by atoms with E-state index in [0.29, 0.717) is 15.6 Å². The molecule has 0 aliphatic heterocycles. The van der Waals surface area contributed by atoms with Crippen LogP contribution < -0.4 is 0 Å². The predicted molar refractivity (Wildman–Crippen MR) is 75.9 cm³/mol. The number of hydrogen-bond acceptors (Lipinski definition) is 1. The number of alkyl halides is 1. The molecule has 4 heteroatoms. The Hall–Kier alpha value is -0.110. The van der Waals surface area contributed by atoms with E-state index in [1.165, 1.54) is 0 Å². The predicted octanol–water partition coefficient (Wildman–Crippen LogP) is 5.68. The minimum Gasteiger partial charge on any atom is -0.507 e. The molecular weight excluding hydrogens is 279 g/mol. The number of halogens is 3. The second-order valence-electron chi connectivity index (χ2n) is 4.73. The third kappa shape index (κ3) is 2.67. The lowest BCUT2D eigenvalue weighted by Crippen LogP contribution is -2.02. The highest BCUT2D eigenvalue weighted by molar-refractivity contribution is 6.43. The minimum absolute atomic E-state index is 0.113. The van der Waals surface area contributed by atoms with Gasteiger partial charge in [0.05, 0.1) is 10.0 Å². The molecule has 0 saturated heterocycles. The molecule has 1 nitrogen and oxygen atoms in total. The highest BCUT2D eigenvalue weighted by Gasteiger charge is 2.24. The molecule has 0 spiro atoms. The van der Waals surface area contributed by atoms with Gasteiger partial charge in [0.2, 0.25) is 0 Å². The van der Waals surface area contributed by atoms with Crippen LogP contribution in [0.1, 0.15) is 56.2 Å². The Labute approximate surface area is 118 Å². The molecule has 0 aliphatic rings. The van der Waals surface area contributed by atoms with Gasteiger partial charge in [-0.2, -0.15) is 0 Å². The fraction of sp³-hybridized carbons (Fsp3) is 0.538. The molecule has 0 atom stereocenters.